The Morgan fingerprint density at radius 1 is 1.11 bits per heavy atom. The van der Waals surface area contributed by atoms with E-state index in [1.165, 1.54) is 57.8 Å². The summed E-state index contributed by atoms with van der Waals surface area (Å²) in [6.45, 7) is 1.48. The van der Waals surface area contributed by atoms with Crippen LogP contribution >= 0.6 is 12.4 Å². The SMILES string of the molecule is CNCC(=O)N1CCCC1CCC1CCCCC1.Cl. The van der Waals surface area contributed by atoms with E-state index < -0.39 is 0 Å². The fourth-order valence-electron chi connectivity index (χ4n) is 3.62. The lowest BCUT2D eigenvalue weighted by Gasteiger charge is -2.28. The summed E-state index contributed by atoms with van der Waals surface area (Å²) in [5, 5.41) is 2.98. The van der Waals surface area contributed by atoms with E-state index in [1.807, 2.05) is 7.05 Å². The van der Waals surface area contributed by atoms with Gasteiger partial charge in [-0.15, -0.1) is 12.4 Å². The van der Waals surface area contributed by atoms with E-state index in [1.54, 1.807) is 0 Å². The van der Waals surface area contributed by atoms with Crippen LogP contribution in [0.3, 0.4) is 0 Å². The average Bonchev–Trinajstić information content (AvgIpc) is 2.86. The molecular formula is C15H29ClN2O. The Hall–Kier alpha value is -0.280. The monoisotopic (exact) mass is 288 g/mol. The minimum absolute atomic E-state index is 0. The summed E-state index contributed by atoms with van der Waals surface area (Å²) in [6, 6.07) is 0.535. The van der Waals surface area contributed by atoms with E-state index in [0.29, 0.717) is 18.5 Å². The number of amides is 1. The Morgan fingerprint density at radius 3 is 2.53 bits per heavy atom. The normalized spacial score (nSPS) is 24.3. The summed E-state index contributed by atoms with van der Waals surface area (Å²) in [4.78, 5) is 14.1. The van der Waals surface area contributed by atoms with Gasteiger partial charge in [0, 0.05) is 12.6 Å². The highest BCUT2D eigenvalue weighted by Crippen LogP contribution is 2.30. The summed E-state index contributed by atoms with van der Waals surface area (Å²) >= 11 is 0. The maximum atomic E-state index is 12.0. The van der Waals surface area contributed by atoms with Gasteiger partial charge in [-0.1, -0.05) is 32.1 Å². The van der Waals surface area contributed by atoms with Crippen molar-refractivity contribution >= 4 is 18.3 Å². The van der Waals surface area contributed by atoms with E-state index >= 15 is 0 Å². The third kappa shape index (κ3) is 4.96. The van der Waals surface area contributed by atoms with Crippen LogP contribution in [0.4, 0.5) is 0 Å². The Kier molecular flexibility index (Phi) is 7.77. The van der Waals surface area contributed by atoms with E-state index in [0.717, 1.165) is 12.5 Å². The number of carbonyl (C=O) groups is 1. The van der Waals surface area contributed by atoms with Gasteiger partial charge < -0.3 is 10.2 Å². The first-order valence-electron chi connectivity index (χ1n) is 7.75. The Morgan fingerprint density at radius 2 is 1.84 bits per heavy atom. The summed E-state index contributed by atoms with van der Waals surface area (Å²) in [5.41, 5.74) is 0. The van der Waals surface area contributed by atoms with Crippen molar-refractivity contribution in [1.29, 1.82) is 0 Å². The largest absolute Gasteiger partial charge is 0.339 e. The Balaban J connectivity index is 0.00000180. The first kappa shape index (κ1) is 16.8. The molecule has 0 radical (unpaired) electrons. The molecule has 0 aromatic rings. The van der Waals surface area contributed by atoms with Gasteiger partial charge in [0.1, 0.15) is 0 Å². The van der Waals surface area contributed by atoms with Gasteiger partial charge in [0.05, 0.1) is 6.54 Å². The number of likely N-dealkylation sites (tertiary alicyclic amines) is 1. The molecule has 0 spiro atoms. The smallest absolute Gasteiger partial charge is 0.236 e. The zero-order valence-corrected chi connectivity index (χ0v) is 13.0. The third-order valence-electron chi connectivity index (χ3n) is 4.66. The second-order valence-electron chi connectivity index (χ2n) is 5.99. The Bertz CT molecular complexity index is 267. The molecule has 1 N–H and O–H groups in total. The maximum absolute atomic E-state index is 12.0. The fraction of sp³-hybridized carbons (Fsp3) is 0.933. The first-order valence-corrected chi connectivity index (χ1v) is 7.75. The predicted molar refractivity (Wildman–Crippen MR) is 81.7 cm³/mol. The molecule has 1 heterocycles. The molecule has 2 fully saturated rings. The minimum Gasteiger partial charge on any atom is -0.339 e. The van der Waals surface area contributed by atoms with Crippen LogP contribution in [-0.4, -0.2) is 37.0 Å². The lowest BCUT2D eigenvalue weighted by molar-refractivity contribution is -0.131. The number of hydrogen-bond donors (Lipinski definition) is 1. The summed E-state index contributed by atoms with van der Waals surface area (Å²) in [7, 11) is 1.85. The molecule has 3 nitrogen and oxygen atoms in total. The van der Waals surface area contributed by atoms with Crippen LogP contribution in [0.25, 0.3) is 0 Å². The van der Waals surface area contributed by atoms with Gasteiger partial charge in [0.2, 0.25) is 5.91 Å². The first-order chi connectivity index (χ1) is 8.81. The molecule has 1 aliphatic heterocycles. The van der Waals surface area contributed by atoms with Gasteiger partial charge in [0.25, 0.3) is 0 Å². The highest BCUT2D eigenvalue weighted by molar-refractivity contribution is 5.85. The highest BCUT2D eigenvalue weighted by atomic mass is 35.5. The van der Waals surface area contributed by atoms with Gasteiger partial charge in [0.15, 0.2) is 0 Å². The molecule has 1 atom stereocenters. The molecule has 4 heteroatoms. The van der Waals surface area contributed by atoms with Gasteiger partial charge in [-0.2, -0.15) is 0 Å². The number of halogens is 1. The van der Waals surface area contributed by atoms with Gasteiger partial charge in [-0.25, -0.2) is 0 Å². The van der Waals surface area contributed by atoms with E-state index in [4.69, 9.17) is 0 Å². The average molecular weight is 289 g/mol. The zero-order chi connectivity index (χ0) is 12.8. The number of nitrogens with zero attached hydrogens (tertiary/aromatic N) is 1. The van der Waals surface area contributed by atoms with Gasteiger partial charge in [-0.05, 0) is 38.6 Å². The molecule has 2 rings (SSSR count). The molecule has 2 aliphatic rings. The summed E-state index contributed by atoms with van der Waals surface area (Å²) in [5.74, 6) is 1.24. The van der Waals surface area contributed by atoms with Crippen molar-refractivity contribution < 1.29 is 4.79 Å². The van der Waals surface area contributed by atoms with Gasteiger partial charge >= 0.3 is 0 Å². The topological polar surface area (TPSA) is 32.3 Å². The Labute approximate surface area is 123 Å². The number of carbonyl (C=O) groups excluding carboxylic acids is 1. The van der Waals surface area contributed by atoms with Crippen molar-refractivity contribution in [2.45, 2.75) is 63.8 Å². The van der Waals surface area contributed by atoms with Crippen LogP contribution in [0.1, 0.15) is 57.8 Å². The van der Waals surface area contributed by atoms with Crippen molar-refractivity contribution in [3.63, 3.8) is 0 Å². The molecule has 1 unspecified atom stereocenters. The number of rotatable bonds is 5. The molecule has 1 saturated carbocycles. The quantitative estimate of drug-likeness (QED) is 0.843. The predicted octanol–water partition coefficient (Wildman–Crippen LogP) is 2.98. The lowest BCUT2D eigenvalue weighted by Crippen LogP contribution is -2.40. The summed E-state index contributed by atoms with van der Waals surface area (Å²) < 4.78 is 0. The van der Waals surface area contributed by atoms with Crippen LogP contribution in [0.15, 0.2) is 0 Å². The van der Waals surface area contributed by atoms with Crippen molar-refractivity contribution in [3.05, 3.63) is 0 Å². The third-order valence-corrected chi connectivity index (χ3v) is 4.66. The minimum atomic E-state index is 0. The van der Waals surface area contributed by atoms with Crippen molar-refractivity contribution in [2.75, 3.05) is 20.1 Å². The molecule has 0 aromatic heterocycles. The van der Waals surface area contributed by atoms with Crippen LogP contribution in [-0.2, 0) is 4.79 Å². The molecule has 0 aromatic carbocycles. The molecular weight excluding hydrogens is 260 g/mol. The van der Waals surface area contributed by atoms with Gasteiger partial charge in [-0.3, -0.25) is 4.79 Å². The lowest BCUT2D eigenvalue weighted by atomic mass is 9.85. The van der Waals surface area contributed by atoms with E-state index in [9.17, 15) is 4.79 Å². The van der Waals surface area contributed by atoms with Crippen molar-refractivity contribution in [3.8, 4) is 0 Å². The van der Waals surface area contributed by atoms with E-state index in [2.05, 4.69) is 10.2 Å². The molecule has 112 valence electrons. The number of nitrogens with one attached hydrogen (secondary N) is 1. The second-order valence-corrected chi connectivity index (χ2v) is 5.99. The standard InChI is InChI=1S/C15H28N2O.ClH/c1-16-12-15(18)17-11-5-8-14(17)10-9-13-6-3-2-4-7-13;/h13-14,16H,2-12H2,1H3;1H. The highest BCUT2D eigenvalue weighted by Gasteiger charge is 2.28. The molecule has 1 aliphatic carbocycles. The second kappa shape index (κ2) is 8.80. The number of likely N-dealkylation sites (N-methyl/N-ethyl adjacent to an activating group) is 1. The zero-order valence-electron chi connectivity index (χ0n) is 12.2. The van der Waals surface area contributed by atoms with Crippen molar-refractivity contribution in [1.82, 2.24) is 10.2 Å². The van der Waals surface area contributed by atoms with E-state index in [-0.39, 0.29) is 12.4 Å². The molecule has 1 amide bonds. The maximum Gasteiger partial charge on any atom is 0.236 e. The van der Waals surface area contributed by atoms with Crippen molar-refractivity contribution in [2.24, 2.45) is 5.92 Å². The van der Waals surface area contributed by atoms with Crippen LogP contribution in [0.5, 0.6) is 0 Å². The summed E-state index contributed by atoms with van der Waals surface area (Å²) in [6.07, 6.45) is 12.2. The molecule has 19 heavy (non-hydrogen) atoms. The van der Waals surface area contributed by atoms with Crippen LogP contribution in [0.2, 0.25) is 0 Å². The number of hydrogen-bond acceptors (Lipinski definition) is 2. The van der Waals surface area contributed by atoms with Crippen LogP contribution < -0.4 is 5.32 Å². The molecule has 0 bridgehead atoms. The fourth-order valence-corrected chi connectivity index (χ4v) is 3.62. The van der Waals surface area contributed by atoms with Crippen LogP contribution in [0, 0.1) is 5.92 Å². The molecule has 1 saturated heterocycles.